The highest BCUT2D eigenvalue weighted by molar-refractivity contribution is 8.09. The SMILES string of the molecule is C[Si](C)(C)CC(S(=O)(=O)c1ccccc1)S(=O)(=O)c1ccccc1. The molecule has 0 bridgehead atoms. The molecule has 0 aliphatic carbocycles. The Bertz CT molecular complexity index is 815. The zero-order chi connectivity index (χ0) is 18.0. The van der Waals surface area contributed by atoms with Gasteiger partial charge in [0.15, 0.2) is 24.3 Å². The second-order valence-corrected chi connectivity index (χ2v) is 17.0. The van der Waals surface area contributed by atoms with Crippen molar-refractivity contribution in [2.24, 2.45) is 0 Å². The number of benzene rings is 2. The lowest BCUT2D eigenvalue weighted by Crippen LogP contribution is -2.37. The van der Waals surface area contributed by atoms with Crippen LogP contribution >= 0.6 is 0 Å². The van der Waals surface area contributed by atoms with Gasteiger partial charge in [-0.3, -0.25) is 0 Å². The van der Waals surface area contributed by atoms with Crippen LogP contribution in [-0.2, 0) is 19.7 Å². The van der Waals surface area contributed by atoms with E-state index in [0.717, 1.165) is 0 Å². The first-order chi connectivity index (χ1) is 11.0. The van der Waals surface area contributed by atoms with Gasteiger partial charge in [0, 0.05) is 8.07 Å². The van der Waals surface area contributed by atoms with Crippen LogP contribution in [0.2, 0.25) is 25.7 Å². The average Bonchev–Trinajstić information content (AvgIpc) is 2.53. The molecule has 0 heterocycles. The molecule has 0 N–H and O–H groups in total. The van der Waals surface area contributed by atoms with Crippen molar-refractivity contribution in [2.75, 3.05) is 0 Å². The summed E-state index contributed by atoms with van der Waals surface area (Å²) in [6.07, 6.45) is 0. The Labute approximate surface area is 145 Å². The third-order valence-corrected chi connectivity index (χ3v) is 10.9. The Kier molecular flexibility index (Phi) is 5.36. The molecule has 4 nitrogen and oxygen atoms in total. The summed E-state index contributed by atoms with van der Waals surface area (Å²) >= 11 is 0. The molecule has 0 saturated carbocycles. The normalized spacial score (nSPS) is 13.2. The average molecular weight is 383 g/mol. The van der Waals surface area contributed by atoms with Crippen molar-refractivity contribution in [3.8, 4) is 0 Å². The molecule has 0 atom stereocenters. The van der Waals surface area contributed by atoms with E-state index in [9.17, 15) is 16.8 Å². The van der Waals surface area contributed by atoms with Crippen molar-refractivity contribution < 1.29 is 16.8 Å². The van der Waals surface area contributed by atoms with Gasteiger partial charge >= 0.3 is 0 Å². The second kappa shape index (κ2) is 6.82. The fraction of sp³-hybridized carbons (Fsp3) is 0.294. The maximum absolute atomic E-state index is 13.1. The number of sulfone groups is 2. The summed E-state index contributed by atoms with van der Waals surface area (Å²) < 4.78 is 50.8. The van der Waals surface area contributed by atoms with Crippen LogP contribution in [0, 0.1) is 0 Å². The van der Waals surface area contributed by atoms with Gasteiger partial charge in [-0.05, 0) is 30.3 Å². The van der Waals surface area contributed by atoms with Crippen molar-refractivity contribution >= 4 is 27.7 Å². The van der Waals surface area contributed by atoms with Crippen molar-refractivity contribution in [1.82, 2.24) is 0 Å². The van der Waals surface area contributed by atoms with Gasteiger partial charge in [-0.1, -0.05) is 56.0 Å². The van der Waals surface area contributed by atoms with Crippen molar-refractivity contribution in [3.05, 3.63) is 60.7 Å². The Balaban J connectivity index is 2.63. The lowest BCUT2D eigenvalue weighted by molar-refractivity contribution is 0.577. The molecule has 0 fully saturated rings. The molecule has 130 valence electrons. The quantitative estimate of drug-likeness (QED) is 0.716. The largest absolute Gasteiger partial charge is 0.222 e. The van der Waals surface area contributed by atoms with Crippen LogP contribution in [-0.4, -0.2) is 29.5 Å². The molecule has 0 aliphatic rings. The van der Waals surface area contributed by atoms with E-state index >= 15 is 0 Å². The molecule has 24 heavy (non-hydrogen) atoms. The first kappa shape index (κ1) is 18.9. The summed E-state index contributed by atoms with van der Waals surface area (Å²) in [5.74, 6) is 0. The Morgan fingerprint density at radius 1 is 0.708 bits per heavy atom. The van der Waals surface area contributed by atoms with Gasteiger partial charge in [-0.15, -0.1) is 0 Å². The maximum atomic E-state index is 13.1. The van der Waals surface area contributed by atoms with E-state index in [1.165, 1.54) is 24.3 Å². The predicted molar refractivity (Wildman–Crippen MR) is 99.2 cm³/mol. The summed E-state index contributed by atoms with van der Waals surface area (Å²) in [7, 11) is -9.95. The molecule has 2 rings (SSSR count). The fourth-order valence-corrected chi connectivity index (χ4v) is 11.8. The summed E-state index contributed by atoms with van der Waals surface area (Å²) in [6, 6.07) is 15.8. The summed E-state index contributed by atoms with van der Waals surface area (Å²) in [5.41, 5.74) is 0. The van der Waals surface area contributed by atoms with Crippen LogP contribution in [0.25, 0.3) is 0 Å². The molecule has 0 saturated heterocycles. The van der Waals surface area contributed by atoms with Crippen molar-refractivity contribution in [2.45, 2.75) is 40.1 Å². The molecule has 2 aromatic carbocycles. The monoisotopic (exact) mass is 382 g/mol. The minimum atomic E-state index is -3.99. The number of rotatable bonds is 6. The molecule has 7 heteroatoms. The van der Waals surface area contributed by atoms with Crippen molar-refractivity contribution in [3.63, 3.8) is 0 Å². The van der Waals surface area contributed by atoms with E-state index in [0.29, 0.717) is 0 Å². The van der Waals surface area contributed by atoms with Gasteiger partial charge in [0.1, 0.15) is 0 Å². The molecule has 0 aliphatic heterocycles. The minimum absolute atomic E-state index is 0.0488. The van der Waals surface area contributed by atoms with E-state index < -0.39 is 32.3 Å². The maximum Gasteiger partial charge on any atom is 0.195 e. The lowest BCUT2D eigenvalue weighted by atomic mass is 10.4. The third-order valence-electron chi connectivity index (χ3n) is 3.61. The summed E-state index contributed by atoms with van der Waals surface area (Å²) in [4.78, 5) is 0.0977. The first-order valence-corrected chi connectivity index (χ1v) is 14.4. The van der Waals surface area contributed by atoms with Gasteiger partial charge in [0.2, 0.25) is 0 Å². The highest BCUT2D eigenvalue weighted by atomic mass is 32.3. The molecular weight excluding hydrogens is 360 g/mol. The zero-order valence-electron chi connectivity index (χ0n) is 14.0. The van der Waals surface area contributed by atoms with E-state index in [-0.39, 0.29) is 15.8 Å². The molecule has 0 amide bonds. The minimum Gasteiger partial charge on any atom is -0.222 e. The molecule has 0 radical (unpaired) electrons. The third kappa shape index (κ3) is 4.14. The van der Waals surface area contributed by atoms with E-state index in [1.54, 1.807) is 36.4 Å². The van der Waals surface area contributed by atoms with Crippen LogP contribution < -0.4 is 0 Å². The molecule has 0 unspecified atom stereocenters. The molecule has 0 spiro atoms. The van der Waals surface area contributed by atoms with Crippen LogP contribution in [0.3, 0.4) is 0 Å². The Hall–Kier alpha value is -1.44. The van der Waals surface area contributed by atoms with Gasteiger partial charge < -0.3 is 0 Å². The summed E-state index contributed by atoms with van der Waals surface area (Å²) in [6.45, 7) is 5.92. The van der Waals surface area contributed by atoms with Crippen molar-refractivity contribution in [1.29, 1.82) is 0 Å². The highest BCUT2D eigenvalue weighted by Gasteiger charge is 2.42. The predicted octanol–water partition coefficient (Wildman–Crippen LogP) is 3.60. The zero-order valence-corrected chi connectivity index (χ0v) is 16.6. The van der Waals surface area contributed by atoms with Gasteiger partial charge in [-0.25, -0.2) is 16.8 Å². The Morgan fingerprint density at radius 2 is 1.04 bits per heavy atom. The van der Waals surface area contributed by atoms with Gasteiger partial charge in [-0.2, -0.15) is 0 Å². The molecule has 2 aromatic rings. The summed E-state index contributed by atoms with van der Waals surface area (Å²) in [5, 5.41) is 0. The number of hydrogen-bond acceptors (Lipinski definition) is 4. The van der Waals surface area contributed by atoms with Crippen LogP contribution in [0.4, 0.5) is 0 Å². The smallest absolute Gasteiger partial charge is 0.195 e. The second-order valence-electron chi connectivity index (χ2n) is 6.91. The van der Waals surface area contributed by atoms with Crippen LogP contribution in [0.15, 0.2) is 70.5 Å². The van der Waals surface area contributed by atoms with Gasteiger partial charge in [0.05, 0.1) is 9.79 Å². The standard InChI is InChI=1S/C17H22O4S2Si/c1-24(2,3)14-17(22(18,19)15-10-6-4-7-11-15)23(20,21)16-12-8-5-9-13-16/h4-13,17H,14H2,1-3H3. The lowest BCUT2D eigenvalue weighted by Gasteiger charge is -2.24. The fourth-order valence-electron chi connectivity index (χ4n) is 2.41. The van der Waals surface area contributed by atoms with Gasteiger partial charge in [0.25, 0.3) is 0 Å². The highest BCUT2D eigenvalue weighted by Crippen LogP contribution is 2.31. The number of hydrogen-bond donors (Lipinski definition) is 0. The van der Waals surface area contributed by atoms with Crippen LogP contribution in [0.5, 0.6) is 0 Å². The van der Waals surface area contributed by atoms with E-state index in [1.807, 2.05) is 19.6 Å². The Morgan fingerprint density at radius 3 is 1.33 bits per heavy atom. The topological polar surface area (TPSA) is 68.3 Å². The first-order valence-electron chi connectivity index (χ1n) is 7.63. The molecular formula is C17H22O4S2Si. The van der Waals surface area contributed by atoms with Crippen LogP contribution in [0.1, 0.15) is 0 Å². The molecule has 0 aromatic heterocycles. The van der Waals surface area contributed by atoms with E-state index in [2.05, 4.69) is 0 Å². The van der Waals surface area contributed by atoms with E-state index in [4.69, 9.17) is 0 Å².